The zero-order valence-corrected chi connectivity index (χ0v) is 14.7. The molecule has 0 aliphatic rings. The monoisotopic (exact) mass is 387 g/mol. The molecule has 2 N–H and O–H groups in total. The number of benzene rings is 2. The summed E-state index contributed by atoms with van der Waals surface area (Å²) >= 11 is 0. The van der Waals surface area contributed by atoms with Gasteiger partial charge in [-0.05, 0) is 42.0 Å². The molecule has 1 heterocycles. The van der Waals surface area contributed by atoms with Crippen LogP contribution in [-0.2, 0) is 4.79 Å². The van der Waals surface area contributed by atoms with Crippen molar-refractivity contribution in [3.63, 3.8) is 0 Å². The summed E-state index contributed by atoms with van der Waals surface area (Å²) in [6.45, 7) is 1.44. The summed E-state index contributed by atoms with van der Waals surface area (Å²) in [4.78, 5) is 15.3. The number of amides is 1. The number of halogens is 3. The summed E-state index contributed by atoms with van der Waals surface area (Å²) < 4.78 is 40.9. The van der Waals surface area contributed by atoms with E-state index < -0.39 is 6.36 Å². The first kappa shape index (κ1) is 19.2. The topological polar surface area (TPSA) is 63.2 Å². The molecule has 0 bridgehead atoms. The number of hydrogen-bond donors (Lipinski definition) is 2. The maximum Gasteiger partial charge on any atom is 0.573 e. The second-order valence-corrected chi connectivity index (χ2v) is 5.89. The fraction of sp³-hybridized carbons (Fsp3) is 0.100. The number of anilines is 3. The SMILES string of the molecule is CC(=O)Nc1ccc(-c2ccc(Nc3cccc(OC(F)(F)F)c3)nc2)cc1. The van der Waals surface area contributed by atoms with Crippen LogP contribution < -0.4 is 15.4 Å². The van der Waals surface area contributed by atoms with E-state index >= 15 is 0 Å². The number of nitrogens with zero attached hydrogens (tertiary/aromatic N) is 1. The molecule has 2 aromatic carbocycles. The third-order valence-electron chi connectivity index (χ3n) is 3.64. The molecule has 1 amide bonds. The molecule has 8 heteroatoms. The van der Waals surface area contributed by atoms with Crippen LogP contribution in [0.15, 0.2) is 66.9 Å². The Balaban J connectivity index is 1.69. The van der Waals surface area contributed by atoms with Gasteiger partial charge < -0.3 is 15.4 Å². The Labute approximate surface area is 159 Å². The van der Waals surface area contributed by atoms with Gasteiger partial charge >= 0.3 is 6.36 Å². The maximum absolute atomic E-state index is 12.3. The largest absolute Gasteiger partial charge is 0.573 e. The van der Waals surface area contributed by atoms with Gasteiger partial charge in [0.15, 0.2) is 0 Å². The van der Waals surface area contributed by atoms with Crippen LogP contribution in [-0.4, -0.2) is 17.3 Å². The highest BCUT2D eigenvalue weighted by Crippen LogP contribution is 2.27. The van der Waals surface area contributed by atoms with Crippen molar-refractivity contribution in [2.75, 3.05) is 10.6 Å². The van der Waals surface area contributed by atoms with Gasteiger partial charge in [-0.15, -0.1) is 13.2 Å². The molecule has 0 saturated carbocycles. The normalized spacial score (nSPS) is 11.0. The van der Waals surface area contributed by atoms with E-state index in [2.05, 4.69) is 20.4 Å². The van der Waals surface area contributed by atoms with Crippen LogP contribution in [0.5, 0.6) is 5.75 Å². The number of ether oxygens (including phenoxy) is 1. The van der Waals surface area contributed by atoms with E-state index in [0.29, 0.717) is 17.2 Å². The van der Waals surface area contributed by atoms with E-state index in [-0.39, 0.29) is 11.7 Å². The molecule has 1 aromatic heterocycles. The number of hydrogen-bond acceptors (Lipinski definition) is 4. The van der Waals surface area contributed by atoms with Crippen LogP contribution in [0.4, 0.5) is 30.4 Å². The molecule has 28 heavy (non-hydrogen) atoms. The fourth-order valence-electron chi connectivity index (χ4n) is 2.51. The number of aromatic nitrogens is 1. The Bertz CT molecular complexity index is 956. The van der Waals surface area contributed by atoms with Gasteiger partial charge in [0.25, 0.3) is 0 Å². The summed E-state index contributed by atoms with van der Waals surface area (Å²) in [5.74, 6) is 0.0192. The van der Waals surface area contributed by atoms with Crippen LogP contribution in [0, 0.1) is 0 Å². The highest BCUT2D eigenvalue weighted by molar-refractivity contribution is 5.89. The van der Waals surface area contributed by atoms with Crippen LogP contribution >= 0.6 is 0 Å². The molecular formula is C20H16F3N3O2. The predicted molar refractivity (Wildman–Crippen MR) is 100 cm³/mol. The van der Waals surface area contributed by atoms with Gasteiger partial charge in [-0.2, -0.15) is 0 Å². The second-order valence-electron chi connectivity index (χ2n) is 5.89. The van der Waals surface area contributed by atoms with Gasteiger partial charge in [0.1, 0.15) is 11.6 Å². The lowest BCUT2D eigenvalue weighted by molar-refractivity contribution is -0.274. The highest BCUT2D eigenvalue weighted by Gasteiger charge is 2.31. The summed E-state index contributed by atoms with van der Waals surface area (Å²) in [5, 5.41) is 5.63. The lowest BCUT2D eigenvalue weighted by atomic mass is 10.1. The minimum absolute atomic E-state index is 0.144. The van der Waals surface area contributed by atoms with Crippen molar-refractivity contribution in [2.24, 2.45) is 0 Å². The summed E-state index contributed by atoms with van der Waals surface area (Å²) in [6.07, 6.45) is -3.10. The molecular weight excluding hydrogens is 371 g/mol. The fourth-order valence-corrected chi connectivity index (χ4v) is 2.51. The first-order chi connectivity index (χ1) is 13.3. The molecule has 0 saturated heterocycles. The molecule has 144 valence electrons. The van der Waals surface area contributed by atoms with Gasteiger partial charge in [-0.3, -0.25) is 4.79 Å². The number of rotatable bonds is 5. The van der Waals surface area contributed by atoms with Crippen molar-refractivity contribution >= 4 is 23.1 Å². The third-order valence-corrected chi connectivity index (χ3v) is 3.64. The molecule has 3 rings (SSSR count). The van der Waals surface area contributed by atoms with E-state index in [1.54, 1.807) is 30.5 Å². The van der Waals surface area contributed by atoms with Gasteiger partial charge in [0.05, 0.1) is 0 Å². The number of nitrogens with one attached hydrogen (secondary N) is 2. The number of alkyl halides is 3. The maximum atomic E-state index is 12.3. The highest BCUT2D eigenvalue weighted by atomic mass is 19.4. The average molecular weight is 387 g/mol. The van der Waals surface area contributed by atoms with Crippen molar-refractivity contribution in [2.45, 2.75) is 13.3 Å². The average Bonchev–Trinajstić information content (AvgIpc) is 2.61. The van der Waals surface area contributed by atoms with E-state index in [0.717, 1.165) is 11.1 Å². The zero-order chi connectivity index (χ0) is 20.1. The lowest BCUT2D eigenvalue weighted by Gasteiger charge is -2.11. The zero-order valence-electron chi connectivity index (χ0n) is 14.7. The number of carbonyl (C=O) groups excluding carboxylic acids is 1. The Hall–Kier alpha value is -3.55. The smallest absolute Gasteiger partial charge is 0.406 e. The molecule has 3 aromatic rings. The summed E-state index contributed by atoms with van der Waals surface area (Å²) in [6, 6.07) is 16.4. The standard InChI is InChI=1S/C20H16F3N3O2/c1-13(27)25-16-8-5-14(6-9-16)15-7-10-19(24-12-15)26-17-3-2-4-18(11-17)28-20(21,22)23/h2-12H,1H3,(H,24,26)(H,25,27). The first-order valence-corrected chi connectivity index (χ1v) is 8.25. The summed E-state index contributed by atoms with van der Waals surface area (Å²) in [5.41, 5.74) is 2.88. The van der Waals surface area contributed by atoms with Gasteiger partial charge in [0.2, 0.25) is 5.91 Å². The van der Waals surface area contributed by atoms with Crippen LogP contribution in [0.3, 0.4) is 0 Å². The van der Waals surface area contributed by atoms with E-state index in [1.165, 1.54) is 25.1 Å². The van der Waals surface area contributed by atoms with Crippen molar-refractivity contribution in [3.8, 4) is 16.9 Å². The van der Waals surface area contributed by atoms with Crippen molar-refractivity contribution in [1.29, 1.82) is 0 Å². The lowest BCUT2D eigenvalue weighted by Crippen LogP contribution is -2.17. The van der Waals surface area contributed by atoms with E-state index in [1.807, 2.05) is 18.2 Å². The third kappa shape index (κ3) is 5.47. The van der Waals surface area contributed by atoms with Crippen LogP contribution in [0.1, 0.15) is 6.92 Å². The second kappa shape index (κ2) is 7.99. The molecule has 5 nitrogen and oxygen atoms in total. The molecule has 0 fully saturated rings. The minimum Gasteiger partial charge on any atom is -0.406 e. The van der Waals surface area contributed by atoms with Crippen molar-refractivity contribution < 1.29 is 22.7 Å². The Morgan fingerprint density at radius 2 is 1.68 bits per heavy atom. The van der Waals surface area contributed by atoms with E-state index in [9.17, 15) is 18.0 Å². The Morgan fingerprint density at radius 1 is 0.964 bits per heavy atom. The van der Waals surface area contributed by atoms with E-state index in [4.69, 9.17) is 0 Å². The molecule has 0 aliphatic carbocycles. The van der Waals surface area contributed by atoms with Crippen molar-refractivity contribution in [1.82, 2.24) is 4.98 Å². The first-order valence-electron chi connectivity index (χ1n) is 8.25. The van der Waals surface area contributed by atoms with Crippen molar-refractivity contribution in [3.05, 3.63) is 66.9 Å². The Kier molecular flexibility index (Phi) is 5.49. The molecule has 0 aliphatic heterocycles. The quantitative estimate of drug-likeness (QED) is 0.620. The van der Waals surface area contributed by atoms with Gasteiger partial charge in [-0.25, -0.2) is 4.98 Å². The van der Waals surface area contributed by atoms with Gasteiger partial charge in [-0.1, -0.05) is 18.2 Å². The molecule has 0 radical (unpaired) electrons. The molecule has 0 atom stereocenters. The Morgan fingerprint density at radius 3 is 2.29 bits per heavy atom. The molecule has 0 spiro atoms. The molecule has 0 unspecified atom stereocenters. The predicted octanol–water partition coefficient (Wildman–Crippen LogP) is 5.35. The number of pyridine rings is 1. The number of carbonyl (C=O) groups is 1. The van der Waals surface area contributed by atoms with Crippen LogP contribution in [0.2, 0.25) is 0 Å². The van der Waals surface area contributed by atoms with Gasteiger partial charge in [0, 0.05) is 36.1 Å². The summed E-state index contributed by atoms with van der Waals surface area (Å²) in [7, 11) is 0. The van der Waals surface area contributed by atoms with Crippen LogP contribution in [0.25, 0.3) is 11.1 Å². The minimum atomic E-state index is -4.74.